The maximum absolute atomic E-state index is 12.2. The third kappa shape index (κ3) is 3.70. The summed E-state index contributed by atoms with van der Waals surface area (Å²) in [5.74, 6) is -0.982. The summed E-state index contributed by atoms with van der Waals surface area (Å²) in [5.41, 5.74) is 0. The van der Waals surface area contributed by atoms with Gasteiger partial charge in [0.2, 0.25) is 5.91 Å². The van der Waals surface area contributed by atoms with Gasteiger partial charge in [-0.1, -0.05) is 0 Å². The van der Waals surface area contributed by atoms with Gasteiger partial charge < -0.3 is 10.0 Å². The number of carboxylic acid groups (broad SMARTS) is 1. The molecule has 0 aromatic heterocycles. The molecule has 1 atom stereocenters. The van der Waals surface area contributed by atoms with Gasteiger partial charge in [-0.15, -0.1) is 0 Å². The normalized spacial score (nSPS) is 20.7. The number of likely N-dealkylation sites (tertiary alicyclic amines) is 1. The van der Waals surface area contributed by atoms with Gasteiger partial charge in [0.1, 0.15) is 0 Å². The van der Waals surface area contributed by atoms with Crippen LogP contribution in [0.15, 0.2) is 0 Å². The lowest BCUT2D eigenvalue weighted by Gasteiger charge is -2.32. The fourth-order valence-corrected chi connectivity index (χ4v) is 2.62. The molecule has 1 N–H and O–H groups in total. The van der Waals surface area contributed by atoms with Gasteiger partial charge in [0, 0.05) is 18.6 Å². The second-order valence-corrected chi connectivity index (χ2v) is 5.55. The lowest BCUT2D eigenvalue weighted by atomic mass is 10.1. The Morgan fingerprint density at radius 2 is 1.83 bits per heavy atom. The molecule has 1 aliphatic rings. The van der Waals surface area contributed by atoms with E-state index in [9.17, 15) is 9.59 Å². The number of hydrogen-bond donors (Lipinski definition) is 1. The molecule has 1 aliphatic heterocycles. The molecule has 5 heteroatoms. The Kier molecular flexibility index (Phi) is 5.14. The van der Waals surface area contributed by atoms with Crippen LogP contribution in [0.5, 0.6) is 0 Å². The van der Waals surface area contributed by atoms with Gasteiger partial charge in [0.15, 0.2) is 0 Å². The maximum atomic E-state index is 12.2. The molecule has 0 aliphatic carbocycles. The molecule has 0 spiro atoms. The Labute approximate surface area is 109 Å². The molecule has 104 valence electrons. The van der Waals surface area contributed by atoms with Crippen molar-refractivity contribution in [2.75, 3.05) is 19.6 Å². The maximum Gasteiger partial charge on any atom is 0.307 e. The predicted molar refractivity (Wildman–Crippen MR) is 69.3 cm³/mol. The standard InChI is InChI=1S/C13H24N2O3/c1-9(2)15(10(3)4)12(16)8-14-6-5-11(7-14)13(17)18/h9-11H,5-8H2,1-4H3,(H,17,18). The van der Waals surface area contributed by atoms with E-state index in [0.29, 0.717) is 26.1 Å². The first-order valence-corrected chi connectivity index (χ1v) is 6.59. The first-order valence-electron chi connectivity index (χ1n) is 6.59. The highest BCUT2D eigenvalue weighted by Crippen LogP contribution is 2.17. The van der Waals surface area contributed by atoms with Gasteiger partial charge in [-0.05, 0) is 40.7 Å². The van der Waals surface area contributed by atoms with E-state index in [1.165, 1.54) is 0 Å². The van der Waals surface area contributed by atoms with Crippen molar-refractivity contribution in [3.8, 4) is 0 Å². The molecule has 1 amide bonds. The van der Waals surface area contributed by atoms with Gasteiger partial charge in [-0.25, -0.2) is 0 Å². The van der Waals surface area contributed by atoms with Crippen molar-refractivity contribution in [3.63, 3.8) is 0 Å². The molecule has 1 saturated heterocycles. The van der Waals surface area contributed by atoms with Gasteiger partial charge in [-0.2, -0.15) is 0 Å². The number of amides is 1. The fourth-order valence-electron chi connectivity index (χ4n) is 2.62. The SMILES string of the molecule is CC(C)N(C(=O)CN1CCC(C(=O)O)C1)C(C)C. The average molecular weight is 256 g/mol. The van der Waals surface area contributed by atoms with Crippen LogP contribution >= 0.6 is 0 Å². The molecule has 1 unspecified atom stereocenters. The number of carboxylic acids is 1. The van der Waals surface area contributed by atoms with Crippen molar-refractivity contribution in [2.45, 2.75) is 46.2 Å². The van der Waals surface area contributed by atoms with Crippen LogP contribution in [-0.2, 0) is 9.59 Å². The summed E-state index contributed by atoms with van der Waals surface area (Å²) in [5, 5.41) is 8.93. The number of rotatable bonds is 5. The van der Waals surface area contributed by atoms with E-state index in [-0.39, 0.29) is 23.9 Å². The lowest BCUT2D eigenvalue weighted by Crippen LogP contribution is -2.46. The van der Waals surface area contributed by atoms with Crippen LogP contribution in [0, 0.1) is 5.92 Å². The van der Waals surface area contributed by atoms with Crippen molar-refractivity contribution in [3.05, 3.63) is 0 Å². The number of carbonyl (C=O) groups is 2. The number of carbonyl (C=O) groups excluding carboxylic acids is 1. The molecule has 0 aromatic carbocycles. The van der Waals surface area contributed by atoms with Crippen LogP contribution < -0.4 is 0 Å². The molecule has 0 radical (unpaired) electrons. The summed E-state index contributed by atoms with van der Waals surface area (Å²) in [6.07, 6.45) is 0.645. The molecule has 1 fully saturated rings. The minimum Gasteiger partial charge on any atom is -0.481 e. The highest BCUT2D eigenvalue weighted by molar-refractivity contribution is 5.79. The van der Waals surface area contributed by atoms with E-state index in [0.717, 1.165) is 0 Å². The molecule has 5 nitrogen and oxygen atoms in total. The largest absolute Gasteiger partial charge is 0.481 e. The van der Waals surface area contributed by atoms with Crippen molar-refractivity contribution in [1.82, 2.24) is 9.80 Å². The van der Waals surface area contributed by atoms with E-state index >= 15 is 0 Å². The van der Waals surface area contributed by atoms with E-state index in [1.54, 1.807) is 0 Å². The summed E-state index contributed by atoms with van der Waals surface area (Å²) in [6, 6.07) is 0.353. The summed E-state index contributed by atoms with van der Waals surface area (Å²) in [6.45, 7) is 9.53. The Morgan fingerprint density at radius 3 is 2.22 bits per heavy atom. The second-order valence-electron chi connectivity index (χ2n) is 5.55. The first kappa shape index (κ1) is 15.0. The highest BCUT2D eigenvalue weighted by Gasteiger charge is 2.30. The van der Waals surface area contributed by atoms with E-state index in [1.807, 2.05) is 37.5 Å². The zero-order chi connectivity index (χ0) is 13.9. The van der Waals surface area contributed by atoms with Crippen LogP contribution in [0.4, 0.5) is 0 Å². The zero-order valence-corrected chi connectivity index (χ0v) is 11.7. The Balaban J connectivity index is 2.52. The second kappa shape index (κ2) is 6.18. The summed E-state index contributed by atoms with van der Waals surface area (Å²) >= 11 is 0. The van der Waals surface area contributed by atoms with Crippen molar-refractivity contribution in [2.24, 2.45) is 5.92 Å². The van der Waals surface area contributed by atoms with Crippen molar-refractivity contribution >= 4 is 11.9 Å². The molecule has 0 bridgehead atoms. The summed E-state index contributed by atoms with van der Waals surface area (Å²) in [7, 11) is 0. The topological polar surface area (TPSA) is 60.9 Å². The van der Waals surface area contributed by atoms with Gasteiger partial charge in [0.05, 0.1) is 12.5 Å². The van der Waals surface area contributed by atoms with Gasteiger partial charge in [0.25, 0.3) is 0 Å². The molecule has 0 saturated carbocycles. The molecule has 18 heavy (non-hydrogen) atoms. The van der Waals surface area contributed by atoms with Gasteiger partial charge >= 0.3 is 5.97 Å². The van der Waals surface area contributed by atoms with Crippen LogP contribution in [0.1, 0.15) is 34.1 Å². The molecule has 0 aromatic rings. The first-order chi connectivity index (χ1) is 8.32. The smallest absolute Gasteiger partial charge is 0.307 e. The summed E-state index contributed by atoms with van der Waals surface area (Å²) < 4.78 is 0. The third-order valence-electron chi connectivity index (χ3n) is 3.38. The Bertz CT molecular complexity index is 307. The number of aliphatic carboxylic acids is 1. The number of nitrogens with zero attached hydrogens (tertiary/aromatic N) is 2. The van der Waals surface area contributed by atoms with E-state index in [4.69, 9.17) is 5.11 Å². The monoisotopic (exact) mass is 256 g/mol. The minimum absolute atomic E-state index is 0.0889. The molecule has 1 heterocycles. The molecule has 1 rings (SSSR count). The molecular formula is C13H24N2O3. The number of hydrogen-bond acceptors (Lipinski definition) is 3. The van der Waals surface area contributed by atoms with Crippen LogP contribution in [0.3, 0.4) is 0 Å². The average Bonchev–Trinajstić information content (AvgIpc) is 2.64. The fraction of sp³-hybridized carbons (Fsp3) is 0.846. The van der Waals surface area contributed by atoms with Crippen LogP contribution in [0.25, 0.3) is 0 Å². The quantitative estimate of drug-likeness (QED) is 0.798. The summed E-state index contributed by atoms with van der Waals surface area (Å²) in [4.78, 5) is 26.9. The van der Waals surface area contributed by atoms with Crippen LogP contribution in [-0.4, -0.2) is 58.5 Å². The van der Waals surface area contributed by atoms with Gasteiger partial charge in [-0.3, -0.25) is 14.5 Å². The van der Waals surface area contributed by atoms with Crippen molar-refractivity contribution in [1.29, 1.82) is 0 Å². The van der Waals surface area contributed by atoms with E-state index < -0.39 is 5.97 Å². The Hall–Kier alpha value is -1.10. The predicted octanol–water partition coefficient (Wildman–Crippen LogP) is 1.04. The molecular weight excluding hydrogens is 232 g/mol. The lowest BCUT2D eigenvalue weighted by molar-refractivity contribution is -0.142. The highest BCUT2D eigenvalue weighted by atomic mass is 16.4. The van der Waals surface area contributed by atoms with Crippen molar-refractivity contribution < 1.29 is 14.7 Å². The zero-order valence-electron chi connectivity index (χ0n) is 11.7. The third-order valence-corrected chi connectivity index (χ3v) is 3.38. The van der Waals surface area contributed by atoms with Crippen LogP contribution in [0.2, 0.25) is 0 Å². The minimum atomic E-state index is -0.755. The van der Waals surface area contributed by atoms with E-state index in [2.05, 4.69) is 0 Å². The Morgan fingerprint density at radius 1 is 1.28 bits per heavy atom.